The van der Waals surface area contributed by atoms with Crippen LogP contribution in [0.4, 0.5) is 5.69 Å². The number of hydrogen-bond donors (Lipinski definition) is 1. The number of rotatable bonds is 7. The molecule has 25 heavy (non-hydrogen) atoms. The zero-order valence-electron chi connectivity index (χ0n) is 13.9. The number of aromatic nitrogens is 1. The maximum Gasteiger partial charge on any atom is 0.262 e. The number of anilines is 1. The van der Waals surface area contributed by atoms with Crippen molar-refractivity contribution in [1.29, 1.82) is 0 Å². The summed E-state index contributed by atoms with van der Waals surface area (Å²) in [5, 5.41) is 4.60. The second-order valence-corrected chi connectivity index (χ2v) is 6.00. The Balaban J connectivity index is 1.63. The maximum atomic E-state index is 12.1. The Morgan fingerprint density at radius 1 is 1.16 bits per heavy atom. The molecule has 1 amide bonds. The van der Waals surface area contributed by atoms with Gasteiger partial charge in [-0.3, -0.25) is 4.79 Å². The number of carbonyl (C=O) groups is 1. The van der Waals surface area contributed by atoms with Gasteiger partial charge in [0.2, 0.25) is 0 Å². The number of fused-ring (bicyclic) bond motifs is 1. The molecule has 6 heteroatoms. The summed E-state index contributed by atoms with van der Waals surface area (Å²) in [4.78, 5) is 12.1. The number of carbonyl (C=O) groups excluding carboxylic acids is 1. The minimum Gasteiger partial charge on any atom is -0.484 e. The third-order valence-corrected chi connectivity index (χ3v) is 4.03. The Hall–Kier alpha value is -2.50. The highest BCUT2D eigenvalue weighted by Gasteiger charge is 2.07. The van der Waals surface area contributed by atoms with Gasteiger partial charge < -0.3 is 19.4 Å². The van der Waals surface area contributed by atoms with Crippen LogP contribution in [0.25, 0.3) is 10.9 Å². The van der Waals surface area contributed by atoms with E-state index in [-0.39, 0.29) is 12.5 Å². The SMILES string of the molecule is COCCn1ccc2ccc(NC(=O)COc3ccc(Cl)cc3)cc21. The number of benzene rings is 2. The van der Waals surface area contributed by atoms with Crippen molar-refractivity contribution < 1.29 is 14.3 Å². The second-order valence-electron chi connectivity index (χ2n) is 5.57. The first-order valence-corrected chi connectivity index (χ1v) is 8.29. The van der Waals surface area contributed by atoms with Gasteiger partial charge in [0.15, 0.2) is 6.61 Å². The quantitative estimate of drug-likeness (QED) is 0.695. The summed E-state index contributed by atoms with van der Waals surface area (Å²) in [5.41, 5.74) is 1.78. The lowest BCUT2D eigenvalue weighted by molar-refractivity contribution is -0.118. The normalized spacial score (nSPS) is 10.8. The number of nitrogens with one attached hydrogen (secondary N) is 1. The van der Waals surface area contributed by atoms with Crippen LogP contribution in [0.1, 0.15) is 0 Å². The van der Waals surface area contributed by atoms with Gasteiger partial charge in [0, 0.05) is 30.6 Å². The molecular formula is C19H19ClN2O3. The number of ether oxygens (including phenoxy) is 2. The minimum atomic E-state index is -0.218. The van der Waals surface area contributed by atoms with Gasteiger partial charge >= 0.3 is 0 Å². The number of nitrogens with zero attached hydrogens (tertiary/aromatic N) is 1. The van der Waals surface area contributed by atoms with E-state index in [1.54, 1.807) is 31.4 Å². The first kappa shape index (κ1) is 17.3. The summed E-state index contributed by atoms with van der Waals surface area (Å²) >= 11 is 5.82. The molecule has 1 aromatic heterocycles. The molecule has 0 spiro atoms. The molecule has 0 fully saturated rings. The van der Waals surface area contributed by atoms with Crippen molar-refractivity contribution in [2.45, 2.75) is 6.54 Å². The largest absolute Gasteiger partial charge is 0.484 e. The van der Waals surface area contributed by atoms with E-state index in [1.165, 1.54) is 0 Å². The van der Waals surface area contributed by atoms with E-state index in [1.807, 2.05) is 30.5 Å². The van der Waals surface area contributed by atoms with E-state index >= 15 is 0 Å². The number of halogens is 1. The Bertz CT molecular complexity index is 859. The van der Waals surface area contributed by atoms with E-state index in [0.29, 0.717) is 17.4 Å². The lowest BCUT2D eigenvalue weighted by Gasteiger charge is -2.09. The first-order valence-electron chi connectivity index (χ1n) is 7.92. The average Bonchev–Trinajstić information content (AvgIpc) is 3.02. The van der Waals surface area contributed by atoms with Crippen molar-refractivity contribution in [1.82, 2.24) is 4.57 Å². The number of methoxy groups -OCH3 is 1. The van der Waals surface area contributed by atoms with E-state index < -0.39 is 0 Å². The zero-order chi connectivity index (χ0) is 17.6. The van der Waals surface area contributed by atoms with Gasteiger partial charge in [0.25, 0.3) is 5.91 Å². The molecule has 130 valence electrons. The summed E-state index contributed by atoms with van der Waals surface area (Å²) < 4.78 is 12.7. The molecule has 3 aromatic rings. The minimum absolute atomic E-state index is 0.0651. The fourth-order valence-electron chi connectivity index (χ4n) is 2.52. The van der Waals surface area contributed by atoms with Crippen LogP contribution in [-0.4, -0.2) is 30.8 Å². The van der Waals surface area contributed by atoms with Gasteiger partial charge in [0.1, 0.15) is 5.75 Å². The van der Waals surface area contributed by atoms with Crippen LogP contribution >= 0.6 is 11.6 Å². The van der Waals surface area contributed by atoms with Crippen LogP contribution in [0.3, 0.4) is 0 Å². The lowest BCUT2D eigenvalue weighted by Crippen LogP contribution is -2.20. The predicted octanol–water partition coefficient (Wildman–Crippen LogP) is 3.96. The molecule has 5 nitrogen and oxygen atoms in total. The Kier molecular flexibility index (Phi) is 5.58. The van der Waals surface area contributed by atoms with Crippen molar-refractivity contribution in [3.63, 3.8) is 0 Å². The van der Waals surface area contributed by atoms with Crippen molar-refractivity contribution >= 4 is 34.1 Å². The standard InChI is InChI=1S/C19H19ClN2O3/c1-24-11-10-22-9-8-14-2-5-16(12-18(14)22)21-19(23)13-25-17-6-3-15(20)4-7-17/h2-9,12H,10-11,13H2,1H3,(H,21,23). The van der Waals surface area contributed by atoms with E-state index in [9.17, 15) is 4.79 Å². The molecule has 0 unspecified atom stereocenters. The maximum absolute atomic E-state index is 12.1. The molecular weight excluding hydrogens is 340 g/mol. The van der Waals surface area contributed by atoms with Crippen molar-refractivity contribution in [2.24, 2.45) is 0 Å². The van der Waals surface area contributed by atoms with Gasteiger partial charge in [-0.2, -0.15) is 0 Å². The third-order valence-electron chi connectivity index (χ3n) is 3.78. The Labute approximate surface area is 151 Å². The zero-order valence-corrected chi connectivity index (χ0v) is 14.6. The molecule has 0 saturated carbocycles. The molecule has 1 heterocycles. The summed E-state index contributed by atoms with van der Waals surface area (Å²) in [6.07, 6.45) is 2.01. The van der Waals surface area contributed by atoms with Crippen LogP contribution in [0.15, 0.2) is 54.7 Å². The van der Waals surface area contributed by atoms with Crippen LogP contribution < -0.4 is 10.1 Å². The summed E-state index contributed by atoms with van der Waals surface area (Å²) in [6, 6.07) is 14.7. The molecule has 0 aliphatic rings. The highest BCUT2D eigenvalue weighted by Crippen LogP contribution is 2.21. The molecule has 0 aliphatic heterocycles. The van der Waals surface area contributed by atoms with Crippen molar-refractivity contribution in [3.8, 4) is 5.75 Å². The van der Waals surface area contributed by atoms with Crippen LogP contribution in [-0.2, 0) is 16.1 Å². The first-order chi connectivity index (χ1) is 12.2. The van der Waals surface area contributed by atoms with Gasteiger partial charge in [-0.1, -0.05) is 17.7 Å². The van der Waals surface area contributed by atoms with Crippen LogP contribution in [0, 0.1) is 0 Å². The summed E-state index contributed by atoms with van der Waals surface area (Å²) in [5.74, 6) is 0.382. The molecule has 0 bridgehead atoms. The molecule has 1 N–H and O–H groups in total. The Morgan fingerprint density at radius 3 is 2.72 bits per heavy atom. The van der Waals surface area contributed by atoms with Crippen molar-refractivity contribution in [2.75, 3.05) is 25.6 Å². The average molecular weight is 359 g/mol. The van der Waals surface area contributed by atoms with Gasteiger partial charge in [0.05, 0.1) is 12.1 Å². The van der Waals surface area contributed by atoms with E-state index in [2.05, 4.69) is 9.88 Å². The van der Waals surface area contributed by atoms with Gasteiger partial charge in [-0.15, -0.1) is 0 Å². The van der Waals surface area contributed by atoms with Crippen LogP contribution in [0.2, 0.25) is 5.02 Å². The lowest BCUT2D eigenvalue weighted by atomic mass is 10.2. The fraction of sp³-hybridized carbons (Fsp3) is 0.211. The smallest absolute Gasteiger partial charge is 0.262 e. The molecule has 0 aliphatic carbocycles. The highest BCUT2D eigenvalue weighted by atomic mass is 35.5. The van der Waals surface area contributed by atoms with Gasteiger partial charge in [-0.25, -0.2) is 0 Å². The third kappa shape index (κ3) is 4.53. The molecule has 3 rings (SSSR count). The van der Waals surface area contributed by atoms with E-state index in [0.717, 1.165) is 23.1 Å². The fourth-order valence-corrected chi connectivity index (χ4v) is 2.65. The van der Waals surface area contributed by atoms with Gasteiger partial charge in [-0.05, 0) is 47.9 Å². The van der Waals surface area contributed by atoms with E-state index in [4.69, 9.17) is 21.1 Å². The molecule has 0 atom stereocenters. The number of hydrogen-bond acceptors (Lipinski definition) is 3. The second kappa shape index (κ2) is 8.05. The van der Waals surface area contributed by atoms with Crippen molar-refractivity contribution in [3.05, 3.63) is 59.8 Å². The predicted molar refractivity (Wildman–Crippen MR) is 99.4 cm³/mol. The monoisotopic (exact) mass is 358 g/mol. The topological polar surface area (TPSA) is 52.5 Å². The summed E-state index contributed by atoms with van der Waals surface area (Å²) in [7, 11) is 1.68. The summed E-state index contributed by atoms with van der Waals surface area (Å²) in [6.45, 7) is 1.33. The highest BCUT2D eigenvalue weighted by molar-refractivity contribution is 6.30. The molecule has 2 aromatic carbocycles. The Morgan fingerprint density at radius 2 is 1.96 bits per heavy atom. The van der Waals surface area contributed by atoms with Crippen LogP contribution in [0.5, 0.6) is 5.75 Å². The molecule has 0 saturated heterocycles. The molecule has 0 radical (unpaired) electrons. The number of amides is 1.